The molecule has 0 unspecified atom stereocenters. The molecule has 2 aromatic heterocycles. The van der Waals surface area contributed by atoms with Gasteiger partial charge in [0.25, 0.3) is 5.91 Å². The number of amides is 1. The summed E-state index contributed by atoms with van der Waals surface area (Å²) in [6.45, 7) is 1.69. The van der Waals surface area contributed by atoms with Gasteiger partial charge in [-0.2, -0.15) is 0 Å². The summed E-state index contributed by atoms with van der Waals surface area (Å²) < 4.78 is 3.66. The van der Waals surface area contributed by atoms with Crippen LogP contribution in [0.1, 0.15) is 15.4 Å². The van der Waals surface area contributed by atoms with E-state index in [4.69, 9.17) is 23.2 Å². The van der Waals surface area contributed by atoms with Crippen molar-refractivity contribution in [3.8, 4) is 0 Å². The Kier molecular flexibility index (Phi) is 3.51. The van der Waals surface area contributed by atoms with Crippen molar-refractivity contribution in [1.82, 2.24) is 19.6 Å². The van der Waals surface area contributed by atoms with Gasteiger partial charge in [-0.1, -0.05) is 27.7 Å². The summed E-state index contributed by atoms with van der Waals surface area (Å²) >= 11 is 12.5. The van der Waals surface area contributed by atoms with E-state index in [1.165, 1.54) is 6.33 Å². The summed E-state index contributed by atoms with van der Waals surface area (Å²) in [6, 6.07) is 0. The van der Waals surface area contributed by atoms with Crippen LogP contribution in [0.25, 0.3) is 0 Å². The molecule has 0 fully saturated rings. The van der Waals surface area contributed by atoms with Crippen LogP contribution in [0, 0.1) is 6.92 Å². The number of anilines is 1. The van der Waals surface area contributed by atoms with Crippen molar-refractivity contribution in [2.75, 3.05) is 5.32 Å². The molecule has 2 aromatic rings. The van der Waals surface area contributed by atoms with Gasteiger partial charge in [0.2, 0.25) is 0 Å². The van der Waals surface area contributed by atoms with E-state index in [1.54, 1.807) is 6.92 Å². The Morgan fingerprint density at radius 1 is 1.41 bits per heavy atom. The van der Waals surface area contributed by atoms with E-state index in [1.807, 2.05) is 0 Å². The molecule has 0 atom stereocenters. The largest absolute Gasteiger partial charge is 0.304 e. The smallest absolute Gasteiger partial charge is 0.270 e. The second-order valence-electron chi connectivity index (χ2n) is 2.97. The highest BCUT2D eigenvalue weighted by Crippen LogP contribution is 2.26. The molecular weight excluding hydrogens is 285 g/mol. The van der Waals surface area contributed by atoms with Gasteiger partial charge in [-0.15, -0.1) is 5.10 Å². The van der Waals surface area contributed by atoms with Crippen molar-refractivity contribution in [2.45, 2.75) is 6.92 Å². The number of rotatable bonds is 2. The monoisotopic (exact) mass is 289 g/mol. The molecular formula is C8H5Cl2N5OS. The molecule has 0 aliphatic rings. The summed E-state index contributed by atoms with van der Waals surface area (Å²) in [4.78, 5) is 19.7. The highest BCUT2D eigenvalue weighted by molar-refractivity contribution is 7.08. The van der Waals surface area contributed by atoms with Crippen LogP contribution in [-0.4, -0.2) is 25.5 Å². The van der Waals surface area contributed by atoms with Crippen molar-refractivity contribution in [3.63, 3.8) is 0 Å². The quantitative estimate of drug-likeness (QED) is 0.857. The van der Waals surface area contributed by atoms with Crippen LogP contribution < -0.4 is 5.32 Å². The molecule has 9 heteroatoms. The van der Waals surface area contributed by atoms with Crippen LogP contribution in [0.3, 0.4) is 0 Å². The second-order valence-corrected chi connectivity index (χ2v) is 4.46. The van der Waals surface area contributed by atoms with E-state index in [-0.39, 0.29) is 21.9 Å². The summed E-state index contributed by atoms with van der Waals surface area (Å²) in [5, 5.41) is 6.43. The highest BCUT2D eigenvalue weighted by Gasteiger charge is 2.16. The van der Waals surface area contributed by atoms with Gasteiger partial charge in [0.15, 0.2) is 11.0 Å². The number of carbonyl (C=O) groups is 1. The number of aryl methyl sites for hydroxylation is 1. The van der Waals surface area contributed by atoms with Crippen LogP contribution in [0.2, 0.25) is 10.2 Å². The molecule has 0 aromatic carbocycles. The minimum atomic E-state index is -0.380. The molecule has 2 heterocycles. The van der Waals surface area contributed by atoms with Crippen LogP contribution in [-0.2, 0) is 0 Å². The summed E-state index contributed by atoms with van der Waals surface area (Å²) in [6.07, 6.45) is 1.21. The first-order chi connectivity index (χ1) is 8.09. The third-order valence-corrected chi connectivity index (χ3v) is 3.40. The molecule has 0 aliphatic carbocycles. The van der Waals surface area contributed by atoms with Crippen molar-refractivity contribution in [3.05, 3.63) is 27.1 Å². The van der Waals surface area contributed by atoms with E-state index in [9.17, 15) is 4.79 Å². The Bertz CT molecular complexity index is 573. The van der Waals surface area contributed by atoms with Gasteiger partial charge in [-0.3, -0.25) is 4.79 Å². The molecule has 88 valence electrons. The van der Waals surface area contributed by atoms with Crippen LogP contribution in [0.15, 0.2) is 6.33 Å². The summed E-state index contributed by atoms with van der Waals surface area (Å²) in [5.74, 6) is -0.223. The first-order valence-corrected chi connectivity index (χ1v) is 5.89. The zero-order valence-electron chi connectivity index (χ0n) is 8.44. The zero-order chi connectivity index (χ0) is 12.4. The Balaban J connectivity index is 2.25. The predicted molar refractivity (Wildman–Crippen MR) is 64.7 cm³/mol. The third-order valence-electron chi connectivity index (χ3n) is 1.84. The minimum Gasteiger partial charge on any atom is -0.304 e. The fraction of sp³-hybridized carbons (Fsp3) is 0.125. The first-order valence-electron chi connectivity index (χ1n) is 4.36. The minimum absolute atomic E-state index is 0.0797. The summed E-state index contributed by atoms with van der Waals surface area (Å²) in [5.41, 5.74) is 0.545. The molecule has 6 nitrogen and oxygen atoms in total. The molecule has 0 saturated carbocycles. The molecule has 2 rings (SSSR count). The molecule has 0 radical (unpaired) electrons. The Morgan fingerprint density at radius 2 is 2.18 bits per heavy atom. The maximum Gasteiger partial charge on any atom is 0.270 e. The van der Waals surface area contributed by atoms with Gasteiger partial charge >= 0.3 is 0 Å². The number of nitrogens with zero attached hydrogens (tertiary/aromatic N) is 4. The number of nitrogens with one attached hydrogen (secondary N) is 1. The zero-order valence-corrected chi connectivity index (χ0v) is 10.8. The van der Waals surface area contributed by atoms with E-state index < -0.39 is 0 Å². The van der Waals surface area contributed by atoms with E-state index in [0.717, 1.165) is 11.5 Å². The lowest BCUT2D eigenvalue weighted by Gasteiger charge is -2.04. The van der Waals surface area contributed by atoms with E-state index in [2.05, 4.69) is 24.9 Å². The molecule has 0 bridgehead atoms. The van der Waals surface area contributed by atoms with Crippen molar-refractivity contribution in [1.29, 1.82) is 0 Å². The topological polar surface area (TPSA) is 80.7 Å². The van der Waals surface area contributed by atoms with Crippen molar-refractivity contribution < 1.29 is 4.79 Å². The molecule has 17 heavy (non-hydrogen) atoms. The SMILES string of the molecule is Cc1nnsc1C(=O)Nc1ncnc(Cl)c1Cl. The van der Waals surface area contributed by atoms with Gasteiger partial charge in [-0.25, -0.2) is 9.97 Å². The highest BCUT2D eigenvalue weighted by atomic mass is 35.5. The van der Waals surface area contributed by atoms with Crippen LogP contribution >= 0.6 is 34.7 Å². The van der Waals surface area contributed by atoms with Crippen molar-refractivity contribution in [2.24, 2.45) is 0 Å². The number of hydrogen-bond donors (Lipinski definition) is 1. The lowest BCUT2D eigenvalue weighted by Crippen LogP contribution is -2.13. The Hall–Kier alpha value is -1.31. The summed E-state index contributed by atoms with van der Waals surface area (Å²) in [7, 11) is 0. The fourth-order valence-electron chi connectivity index (χ4n) is 1.04. The first kappa shape index (κ1) is 12.2. The van der Waals surface area contributed by atoms with Gasteiger partial charge in [0.1, 0.15) is 16.2 Å². The molecule has 1 N–H and O–H groups in total. The van der Waals surface area contributed by atoms with Crippen LogP contribution in [0.4, 0.5) is 5.82 Å². The van der Waals surface area contributed by atoms with E-state index in [0.29, 0.717) is 10.6 Å². The second kappa shape index (κ2) is 4.91. The Labute approximate surface area is 110 Å². The van der Waals surface area contributed by atoms with E-state index >= 15 is 0 Å². The average Bonchev–Trinajstić information content (AvgIpc) is 2.71. The van der Waals surface area contributed by atoms with Gasteiger partial charge in [0.05, 0.1) is 5.69 Å². The number of aromatic nitrogens is 4. The van der Waals surface area contributed by atoms with Gasteiger partial charge in [0, 0.05) is 0 Å². The number of halogens is 2. The standard InChI is InChI=1S/C8H5Cl2N5OS/c1-3-5(17-15-14-3)8(16)13-7-4(9)6(10)11-2-12-7/h2H,1H3,(H,11,12,13,16). The number of hydrogen-bond acceptors (Lipinski definition) is 6. The predicted octanol–water partition coefficient (Wildman–Crippen LogP) is 2.20. The average molecular weight is 290 g/mol. The normalized spacial score (nSPS) is 10.3. The number of carbonyl (C=O) groups excluding carboxylic acids is 1. The molecule has 0 spiro atoms. The van der Waals surface area contributed by atoms with Crippen molar-refractivity contribution >= 4 is 46.5 Å². The Morgan fingerprint density at radius 3 is 2.82 bits per heavy atom. The molecule has 1 amide bonds. The fourth-order valence-corrected chi connectivity index (χ4v) is 1.87. The lowest BCUT2D eigenvalue weighted by molar-refractivity contribution is 0.102. The van der Waals surface area contributed by atoms with Crippen LogP contribution in [0.5, 0.6) is 0 Å². The molecule has 0 aliphatic heterocycles. The van der Waals surface area contributed by atoms with Gasteiger partial charge in [-0.05, 0) is 18.5 Å². The lowest BCUT2D eigenvalue weighted by atomic mass is 10.4. The molecule has 0 saturated heterocycles. The third kappa shape index (κ3) is 2.51. The maximum absolute atomic E-state index is 11.8. The maximum atomic E-state index is 11.8. The van der Waals surface area contributed by atoms with Gasteiger partial charge < -0.3 is 5.32 Å².